The zero-order valence-corrected chi connectivity index (χ0v) is 11.7. The molecule has 19 heavy (non-hydrogen) atoms. The number of hydrogen-bond donors (Lipinski definition) is 1. The number of nitrogens with one attached hydrogen (secondary N) is 1. The minimum Gasteiger partial charge on any atom is -0.365 e. The van der Waals surface area contributed by atoms with Crippen LogP contribution >= 0.6 is 0 Å². The Balaban J connectivity index is 1.87. The van der Waals surface area contributed by atoms with E-state index >= 15 is 0 Å². The van der Waals surface area contributed by atoms with Gasteiger partial charge in [-0.2, -0.15) is 5.10 Å². The Morgan fingerprint density at radius 3 is 2.42 bits per heavy atom. The lowest BCUT2D eigenvalue weighted by Crippen LogP contribution is -2.26. The van der Waals surface area contributed by atoms with Crippen LogP contribution in [0.15, 0.2) is 24.3 Å². The standard InChI is InChI=1S/C16H21N3/c1-11-7-9-13(10-8-11)17-16-15-6-4-3-5-14(15)12(2)18-19-16/h3-6,11,13H,7-10H2,1-2H3,(H,17,19). The van der Waals surface area contributed by atoms with Crippen molar-refractivity contribution in [3.63, 3.8) is 0 Å². The molecule has 2 aromatic rings. The first-order valence-electron chi connectivity index (χ1n) is 7.22. The summed E-state index contributed by atoms with van der Waals surface area (Å²) in [5, 5.41) is 14.6. The number of anilines is 1. The summed E-state index contributed by atoms with van der Waals surface area (Å²) in [7, 11) is 0. The molecule has 3 nitrogen and oxygen atoms in total. The highest BCUT2D eigenvalue weighted by Gasteiger charge is 2.19. The molecule has 1 N–H and O–H groups in total. The van der Waals surface area contributed by atoms with Gasteiger partial charge < -0.3 is 5.32 Å². The maximum Gasteiger partial charge on any atom is 0.156 e. The number of aromatic nitrogens is 2. The summed E-state index contributed by atoms with van der Waals surface area (Å²) < 4.78 is 0. The summed E-state index contributed by atoms with van der Waals surface area (Å²) in [6, 6.07) is 8.93. The monoisotopic (exact) mass is 255 g/mol. The molecule has 1 aromatic heterocycles. The molecule has 0 spiro atoms. The highest BCUT2D eigenvalue weighted by molar-refractivity contribution is 5.92. The molecule has 100 valence electrons. The third kappa shape index (κ3) is 2.55. The van der Waals surface area contributed by atoms with E-state index in [2.05, 4.69) is 46.7 Å². The van der Waals surface area contributed by atoms with E-state index in [0.717, 1.165) is 17.4 Å². The third-order valence-corrected chi connectivity index (χ3v) is 4.23. The van der Waals surface area contributed by atoms with Gasteiger partial charge in [-0.05, 0) is 38.5 Å². The fraction of sp³-hybridized carbons (Fsp3) is 0.500. The van der Waals surface area contributed by atoms with Crippen molar-refractivity contribution < 1.29 is 0 Å². The van der Waals surface area contributed by atoms with Crippen LogP contribution in [0, 0.1) is 12.8 Å². The average Bonchev–Trinajstić information content (AvgIpc) is 2.45. The topological polar surface area (TPSA) is 37.8 Å². The van der Waals surface area contributed by atoms with E-state index in [0.29, 0.717) is 6.04 Å². The summed E-state index contributed by atoms with van der Waals surface area (Å²) in [5.41, 5.74) is 0.999. The zero-order chi connectivity index (χ0) is 13.2. The first kappa shape index (κ1) is 12.4. The van der Waals surface area contributed by atoms with Crippen molar-refractivity contribution in [2.24, 2.45) is 5.92 Å². The highest BCUT2D eigenvalue weighted by atomic mass is 15.2. The lowest BCUT2D eigenvalue weighted by atomic mass is 9.87. The molecule has 1 heterocycles. The van der Waals surface area contributed by atoms with Crippen LogP contribution in [0.4, 0.5) is 5.82 Å². The maximum absolute atomic E-state index is 4.36. The average molecular weight is 255 g/mol. The number of nitrogens with zero attached hydrogens (tertiary/aromatic N) is 2. The Morgan fingerprint density at radius 1 is 1.00 bits per heavy atom. The quantitative estimate of drug-likeness (QED) is 0.883. The van der Waals surface area contributed by atoms with E-state index in [-0.39, 0.29) is 0 Å². The number of rotatable bonds is 2. The molecule has 1 fully saturated rings. The molecule has 1 saturated carbocycles. The van der Waals surface area contributed by atoms with Crippen molar-refractivity contribution >= 4 is 16.6 Å². The van der Waals surface area contributed by atoms with E-state index in [9.17, 15) is 0 Å². The molecule has 1 aliphatic carbocycles. The second-order valence-corrected chi connectivity index (χ2v) is 5.78. The number of benzene rings is 1. The Labute approximate surface area is 114 Å². The van der Waals surface area contributed by atoms with Gasteiger partial charge in [-0.25, -0.2) is 0 Å². The van der Waals surface area contributed by atoms with Gasteiger partial charge >= 0.3 is 0 Å². The second-order valence-electron chi connectivity index (χ2n) is 5.78. The highest BCUT2D eigenvalue weighted by Crippen LogP contribution is 2.28. The molecule has 0 atom stereocenters. The van der Waals surface area contributed by atoms with E-state index in [1.54, 1.807) is 0 Å². The fourth-order valence-electron chi connectivity index (χ4n) is 2.94. The van der Waals surface area contributed by atoms with Gasteiger partial charge in [0.2, 0.25) is 0 Å². The van der Waals surface area contributed by atoms with Gasteiger partial charge in [-0.3, -0.25) is 0 Å². The van der Waals surface area contributed by atoms with Crippen LogP contribution in [0.1, 0.15) is 38.3 Å². The third-order valence-electron chi connectivity index (χ3n) is 4.23. The molecule has 0 radical (unpaired) electrons. The van der Waals surface area contributed by atoms with Gasteiger partial charge in [0.15, 0.2) is 5.82 Å². The van der Waals surface area contributed by atoms with Gasteiger partial charge in [0.1, 0.15) is 0 Å². The van der Waals surface area contributed by atoms with Crippen molar-refractivity contribution in [3.8, 4) is 0 Å². The first-order chi connectivity index (χ1) is 9.24. The molecule has 0 aliphatic heterocycles. The van der Waals surface area contributed by atoms with Crippen molar-refractivity contribution in [2.75, 3.05) is 5.32 Å². The Kier molecular flexibility index (Phi) is 3.36. The number of aryl methyl sites for hydroxylation is 1. The summed E-state index contributed by atoms with van der Waals surface area (Å²) in [6.07, 6.45) is 5.11. The lowest BCUT2D eigenvalue weighted by Gasteiger charge is -2.27. The molecule has 0 bridgehead atoms. The van der Waals surface area contributed by atoms with Crippen LogP contribution in [0.25, 0.3) is 10.8 Å². The van der Waals surface area contributed by atoms with Crippen molar-refractivity contribution in [3.05, 3.63) is 30.0 Å². The fourth-order valence-corrected chi connectivity index (χ4v) is 2.94. The van der Waals surface area contributed by atoms with E-state index in [4.69, 9.17) is 0 Å². The van der Waals surface area contributed by atoms with Crippen LogP contribution in [0.2, 0.25) is 0 Å². The van der Waals surface area contributed by atoms with Gasteiger partial charge in [0.25, 0.3) is 0 Å². The summed E-state index contributed by atoms with van der Waals surface area (Å²) in [4.78, 5) is 0. The molecular formula is C16H21N3. The molecular weight excluding hydrogens is 234 g/mol. The van der Waals surface area contributed by atoms with Gasteiger partial charge in [-0.15, -0.1) is 5.10 Å². The second kappa shape index (κ2) is 5.16. The van der Waals surface area contributed by atoms with Crippen LogP contribution in [0.3, 0.4) is 0 Å². The largest absolute Gasteiger partial charge is 0.365 e. The van der Waals surface area contributed by atoms with Gasteiger partial charge in [0.05, 0.1) is 5.69 Å². The molecule has 3 rings (SSSR count). The molecule has 3 heteroatoms. The Morgan fingerprint density at radius 2 is 1.68 bits per heavy atom. The SMILES string of the molecule is Cc1nnc(NC2CCC(C)CC2)c2ccccc12. The molecule has 1 aliphatic rings. The van der Waals surface area contributed by atoms with Crippen LogP contribution < -0.4 is 5.32 Å². The number of hydrogen-bond acceptors (Lipinski definition) is 3. The molecule has 0 unspecified atom stereocenters. The molecule has 0 saturated heterocycles. The van der Waals surface area contributed by atoms with E-state index in [1.165, 1.54) is 36.5 Å². The van der Waals surface area contributed by atoms with E-state index < -0.39 is 0 Å². The summed E-state index contributed by atoms with van der Waals surface area (Å²) >= 11 is 0. The van der Waals surface area contributed by atoms with Crippen LogP contribution in [0.5, 0.6) is 0 Å². The Hall–Kier alpha value is -1.64. The maximum atomic E-state index is 4.36. The lowest BCUT2D eigenvalue weighted by molar-refractivity contribution is 0.361. The van der Waals surface area contributed by atoms with Crippen LogP contribution in [-0.2, 0) is 0 Å². The smallest absolute Gasteiger partial charge is 0.156 e. The van der Waals surface area contributed by atoms with Gasteiger partial charge in [0, 0.05) is 16.8 Å². The Bertz CT molecular complexity index is 571. The van der Waals surface area contributed by atoms with Crippen molar-refractivity contribution in [1.29, 1.82) is 0 Å². The zero-order valence-electron chi connectivity index (χ0n) is 11.7. The predicted molar refractivity (Wildman–Crippen MR) is 79.3 cm³/mol. The predicted octanol–water partition coefficient (Wildman–Crippen LogP) is 3.93. The molecule has 0 amide bonds. The summed E-state index contributed by atoms with van der Waals surface area (Å²) in [5.74, 6) is 1.82. The van der Waals surface area contributed by atoms with E-state index in [1.807, 2.05) is 6.92 Å². The van der Waals surface area contributed by atoms with Gasteiger partial charge in [-0.1, -0.05) is 31.2 Å². The summed E-state index contributed by atoms with van der Waals surface area (Å²) in [6.45, 7) is 4.36. The minimum atomic E-state index is 0.552. The minimum absolute atomic E-state index is 0.552. The number of fused-ring (bicyclic) bond motifs is 1. The first-order valence-corrected chi connectivity index (χ1v) is 7.22. The van der Waals surface area contributed by atoms with Crippen molar-refractivity contribution in [1.82, 2.24) is 10.2 Å². The normalized spacial score (nSPS) is 23.5. The van der Waals surface area contributed by atoms with Crippen molar-refractivity contribution in [2.45, 2.75) is 45.6 Å². The molecule has 1 aromatic carbocycles. The van der Waals surface area contributed by atoms with Crippen LogP contribution in [-0.4, -0.2) is 16.2 Å².